The van der Waals surface area contributed by atoms with Crippen molar-refractivity contribution in [2.24, 2.45) is 0 Å². The summed E-state index contributed by atoms with van der Waals surface area (Å²) in [4.78, 5) is 29.7. The average molecular weight is 303 g/mol. The fourth-order valence-electron chi connectivity index (χ4n) is 2.42. The van der Waals surface area contributed by atoms with E-state index in [1.54, 1.807) is 26.8 Å². The number of allylic oxidation sites excluding steroid dienone is 1. The average Bonchev–Trinajstić information content (AvgIpc) is 2.77. The van der Waals surface area contributed by atoms with E-state index in [4.69, 9.17) is 9.57 Å². The Bertz CT molecular complexity index is 576. The van der Waals surface area contributed by atoms with Crippen LogP contribution in [0.2, 0.25) is 0 Å². The highest BCUT2D eigenvalue weighted by Gasteiger charge is 2.51. The highest BCUT2D eigenvalue weighted by Crippen LogP contribution is 2.36. The highest BCUT2D eigenvalue weighted by atomic mass is 16.8. The van der Waals surface area contributed by atoms with Gasteiger partial charge in [-0.3, -0.25) is 0 Å². The smallest absolute Gasteiger partial charge is 0.442 e. The van der Waals surface area contributed by atoms with Crippen molar-refractivity contribution in [3.8, 4) is 0 Å². The third kappa shape index (κ3) is 3.13. The van der Waals surface area contributed by atoms with Crippen molar-refractivity contribution >= 4 is 12.1 Å². The lowest BCUT2D eigenvalue weighted by Crippen LogP contribution is -2.38. The van der Waals surface area contributed by atoms with Crippen LogP contribution in [-0.2, 0) is 19.8 Å². The van der Waals surface area contributed by atoms with Gasteiger partial charge < -0.3 is 9.57 Å². The fourth-order valence-corrected chi connectivity index (χ4v) is 2.42. The van der Waals surface area contributed by atoms with Crippen molar-refractivity contribution < 1.29 is 19.2 Å². The second kappa shape index (κ2) is 5.83. The summed E-state index contributed by atoms with van der Waals surface area (Å²) in [6.45, 7) is 9.11. The molecule has 0 N–H and O–H groups in total. The molecule has 0 saturated carbocycles. The van der Waals surface area contributed by atoms with Crippen LogP contribution in [0.5, 0.6) is 0 Å². The zero-order valence-electron chi connectivity index (χ0n) is 13.2. The van der Waals surface area contributed by atoms with Gasteiger partial charge >= 0.3 is 12.1 Å². The molecule has 0 unspecified atom stereocenters. The van der Waals surface area contributed by atoms with Gasteiger partial charge in [0.15, 0.2) is 0 Å². The molecule has 1 saturated heterocycles. The van der Waals surface area contributed by atoms with Crippen LogP contribution in [0.4, 0.5) is 4.79 Å². The first-order chi connectivity index (χ1) is 10.3. The molecule has 0 aromatic heterocycles. The van der Waals surface area contributed by atoms with Crippen LogP contribution >= 0.6 is 0 Å². The monoisotopic (exact) mass is 303 g/mol. The van der Waals surface area contributed by atoms with Gasteiger partial charge in [-0.2, -0.15) is 0 Å². The Balaban J connectivity index is 2.28. The molecule has 118 valence electrons. The minimum atomic E-state index is -0.931. The van der Waals surface area contributed by atoms with Crippen molar-refractivity contribution in [1.82, 2.24) is 5.06 Å². The molecule has 1 aromatic rings. The van der Waals surface area contributed by atoms with Crippen LogP contribution in [0.15, 0.2) is 43.0 Å². The van der Waals surface area contributed by atoms with Crippen LogP contribution in [0.3, 0.4) is 0 Å². The lowest BCUT2D eigenvalue weighted by Gasteiger charge is -2.24. The SMILES string of the molecule is C=CC[C@]1(c2ccccc2)CN(C(=O)OC(C)(C)C)OC1=O. The molecule has 2 rings (SSSR count). The fraction of sp³-hybridized carbons (Fsp3) is 0.412. The van der Waals surface area contributed by atoms with Crippen LogP contribution in [0, 0.1) is 0 Å². The maximum absolute atomic E-state index is 12.4. The van der Waals surface area contributed by atoms with Gasteiger partial charge in [-0.05, 0) is 32.8 Å². The number of benzene rings is 1. The molecule has 0 radical (unpaired) electrons. The van der Waals surface area contributed by atoms with E-state index in [-0.39, 0.29) is 6.54 Å². The lowest BCUT2D eigenvalue weighted by molar-refractivity contribution is -0.167. The summed E-state index contributed by atoms with van der Waals surface area (Å²) in [5.41, 5.74) is -0.786. The van der Waals surface area contributed by atoms with E-state index in [9.17, 15) is 9.59 Å². The first-order valence-electron chi connectivity index (χ1n) is 7.18. The van der Waals surface area contributed by atoms with Crippen LogP contribution in [-0.4, -0.2) is 29.3 Å². The van der Waals surface area contributed by atoms with E-state index in [1.807, 2.05) is 30.3 Å². The molecule has 1 heterocycles. The normalized spacial score (nSPS) is 21.4. The predicted molar refractivity (Wildman–Crippen MR) is 82.0 cm³/mol. The Labute approximate surface area is 130 Å². The van der Waals surface area contributed by atoms with Crippen molar-refractivity contribution in [1.29, 1.82) is 0 Å². The van der Waals surface area contributed by atoms with Crippen molar-refractivity contribution in [2.75, 3.05) is 6.54 Å². The molecule has 5 heteroatoms. The first-order valence-corrected chi connectivity index (χ1v) is 7.18. The van der Waals surface area contributed by atoms with E-state index < -0.39 is 23.1 Å². The van der Waals surface area contributed by atoms with Gasteiger partial charge in [-0.1, -0.05) is 36.4 Å². The van der Waals surface area contributed by atoms with Gasteiger partial charge in [0.05, 0.1) is 6.54 Å². The van der Waals surface area contributed by atoms with Gasteiger partial charge in [0.1, 0.15) is 11.0 Å². The molecule has 0 spiro atoms. The van der Waals surface area contributed by atoms with E-state index in [0.29, 0.717) is 6.42 Å². The summed E-state index contributed by atoms with van der Waals surface area (Å²) in [5, 5.41) is 0.990. The Hall–Kier alpha value is -2.30. The standard InChI is InChI=1S/C17H21NO4/c1-5-11-17(13-9-7-6-8-10-13)12-18(22-14(17)19)15(20)21-16(2,3)4/h5-10H,1,11-12H2,2-4H3/t17-/m1/s1. The zero-order chi connectivity index (χ0) is 16.4. The van der Waals surface area contributed by atoms with Crippen molar-refractivity contribution in [3.05, 3.63) is 48.6 Å². The number of amides is 1. The van der Waals surface area contributed by atoms with Crippen molar-refractivity contribution in [3.63, 3.8) is 0 Å². The summed E-state index contributed by atoms with van der Waals surface area (Å²) < 4.78 is 5.26. The van der Waals surface area contributed by atoms with Crippen LogP contribution < -0.4 is 0 Å². The number of nitrogens with zero attached hydrogens (tertiary/aromatic N) is 1. The quantitative estimate of drug-likeness (QED) is 0.805. The number of carbonyl (C=O) groups is 2. The largest absolute Gasteiger partial charge is 0.443 e. The molecule has 1 atom stereocenters. The van der Waals surface area contributed by atoms with Crippen LogP contribution in [0.25, 0.3) is 0 Å². The third-order valence-corrected chi connectivity index (χ3v) is 3.41. The zero-order valence-corrected chi connectivity index (χ0v) is 13.2. The molecule has 22 heavy (non-hydrogen) atoms. The van der Waals surface area contributed by atoms with Gasteiger partial charge in [-0.25, -0.2) is 9.59 Å². The Morgan fingerprint density at radius 3 is 2.59 bits per heavy atom. The summed E-state index contributed by atoms with van der Waals surface area (Å²) in [6.07, 6.45) is 1.38. The summed E-state index contributed by atoms with van der Waals surface area (Å²) in [7, 11) is 0. The molecule has 5 nitrogen and oxygen atoms in total. The first kappa shape index (κ1) is 16.1. The topological polar surface area (TPSA) is 55.8 Å². The van der Waals surface area contributed by atoms with Gasteiger partial charge in [0.2, 0.25) is 0 Å². The number of hydrogen-bond donors (Lipinski definition) is 0. The van der Waals surface area contributed by atoms with E-state index in [2.05, 4.69) is 6.58 Å². The molecule has 1 amide bonds. The number of ether oxygens (including phenoxy) is 1. The van der Waals surface area contributed by atoms with Gasteiger partial charge in [0.25, 0.3) is 0 Å². The molecule has 1 fully saturated rings. The summed E-state index contributed by atoms with van der Waals surface area (Å²) in [6, 6.07) is 9.27. The molecular formula is C17H21NO4. The van der Waals surface area contributed by atoms with E-state index in [0.717, 1.165) is 10.6 Å². The second-order valence-electron chi connectivity index (χ2n) is 6.34. The number of rotatable bonds is 3. The minimum Gasteiger partial charge on any atom is -0.442 e. The molecule has 1 aromatic carbocycles. The predicted octanol–water partition coefficient (Wildman–Crippen LogP) is 3.21. The van der Waals surface area contributed by atoms with Gasteiger partial charge in [-0.15, -0.1) is 11.6 Å². The maximum atomic E-state index is 12.4. The Kier molecular flexibility index (Phi) is 4.26. The molecule has 1 aliphatic rings. The number of carbonyl (C=O) groups excluding carboxylic acids is 2. The summed E-state index contributed by atoms with van der Waals surface area (Å²) in [5.74, 6) is -0.468. The molecule has 0 bridgehead atoms. The highest BCUT2D eigenvalue weighted by molar-refractivity contribution is 5.88. The molecule has 1 aliphatic heterocycles. The second-order valence-corrected chi connectivity index (χ2v) is 6.34. The molecule has 0 aliphatic carbocycles. The Morgan fingerprint density at radius 1 is 1.41 bits per heavy atom. The minimum absolute atomic E-state index is 0.108. The third-order valence-electron chi connectivity index (χ3n) is 3.41. The molecular weight excluding hydrogens is 282 g/mol. The number of hydroxylamine groups is 2. The number of hydrogen-bond acceptors (Lipinski definition) is 4. The van der Waals surface area contributed by atoms with Crippen molar-refractivity contribution in [2.45, 2.75) is 38.2 Å². The van der Waals surface area contributed by atoms with Crippen LogP contribution in [0.1, 0.15) is 32.8 Å². The van der Waals surface area contributed by atoms with E-state index in [1.165, 1.54) is 0 Å². The van der Waals surface area contributed by atoms with E-state index >= 15 is 0 Å². The van der Waals surface area contributed by atoms with Gasteiger partial charge in [0, 0.05) is 0 Å². The summed E-state index contributed by atoms with van der Waals surface area (Å²) >= 11 is 0. The maximum Gasteiger partial charge on any atom is 0.443 e. The Morgan fingerprint density at radius 2 is 2.05 bits per heavy atom. The lowest BCUT2D eigenvalue weighted by atomic mass is 9.78.